The Labute approximate surface area is 101 Å². The van der Waals surface area contributed by atoms with E-state index in [1.807, 2.05) is 43.3 Å². The number of hydrogen-bond donors (Lipinski definition) is 0. The molecule has 0 aliphatic carbocycles. The summed E-state index contributed by atoms with van der Waals surface area (Å²) in [6.07, 6.45) is 1.64. The van der Waals surface area contributed by atoms with E-state index in [2.05, 4.69) is 6.92 Å². The summed E-state index contributed by atoms with van der Waals surface area (Å²) in [5, 5.41) is 0. The molecule has 88 valence electrons. The molecule has 0 N–H and O–H groups in total. The third-order valence-electron chi connectivity index (χ3n) is 2.90. The zero-order chi connectivity index (χ0) is 12.3. The van der Waals surface area contributed by atoms with Gasteiger partial charge in [-0.2, -0.15) is 0 Å². The highest BCUT2D eigenvalue weighted by atomic mass is 16.4. The average molecular weight is 228 g/mol. The fourth-order valence-corrected chi connectivity index (χ4v) is 1.96. The molecule has 0 aliphatic heterocycles. The maximum absolute atomic E-state index is 11.9. The standard InChI is InChI=1S/C15H16O2/c1-3-11-10-13(12-8-6-5-7-9-12)15(16)17-14(11)4-2/h5-10H,3-4H2,1-2H3. The first-order chi connectivity index (χ1) is 8.26. The Morgan fingerprint density at radius 2 is 1.76 bits per heavy atom. The lowest BCUT2D eigenvalue weighted by Crippen LogP contribution is -2.07. The molecule has 0 spiro atoms. The van der Waals surface area contributed by atoms with Crippen LogP contribution in [-0.2, 0) is 12.8 Å². The summed E-state index contributed by atoms with van der Waals surface area (Å²) in [5.41, 5.74) is 2.44. The van der Waals surface area contributed by atoms with Crippen LogP contribution in [0.25, 0.3) is 11.1 Å². The molecule has 0 saturated carbocycles. The number of aryl methyl sites for hydroxylation is 2. The molecule has 17 heavy (non-hydrogen) atoms. The summed E-state index contributed by atoms with van der Waals surface area (Å²) >= 11 is 0. The van der Waals surface area contributed by atoms with Crippen LogP contribution in [0.5, 0.6) is 0 Å². The van der Waals surface area contributed by atoms with E-state index in [0.29, 0.717) is 5.56 Å². The summed E-state index contributed by atoms with van der Waals surface area (Å²) in [4.78, 5) is 11.9. The van der Waals surface area contributed by atoms with Crippen LogP contribution < -0.4 is 5.63 Å². The molecule has 0 aliphatic rings. The minimum Gasteiger partial charge on any atom is -0.427 e. The topological polar surface area (TPSA) is 30.2 Å². The van der Waals surface area contributed by atoms with Crippen molar-refractivity contribution >= 4 is 0 Å². The van der Waals surface area contributed by atoms with Crippen LogP contribution in [0.2, 0.25) is 0 Å². The molecule has 2 rings (SSSR count). The van der Waals surface area contributed by atoms with E-state index in [-0.39, 0.29) is 5.63 Å². The van der Waals surface area contributed by atoms with Crippen LogP contribution in [0.1, 0.15) is 25.2 Å². The smallest absolute Gasteiger partial charge is 0.343 e. The molecule has 0 saturated heterocycles. The van der Waals surface area contributed by atoms with Gasteiger partial charge in [0, 0.05) is 6.42 Å². The van der Waals surface area contributed by atoms with Crippen LogP contribution in [0, 0.1) is 0 Å². The molecule has 2 heteroatoms. The summed E-state index contributed by atoms with van der Waals surface area (Å²) in [7, 11) is 0. The molecular formula is C15H16O2. The summed E-state index contributed by atoms with van der Waals surface area (Å²) in [6, 6.07) is 11.6. The Balaban J connectivity index is 2.60. The molecule has 0 radical (unpaired) electrons. The van der Waals surface area contributed by atoms with Crippen LogP contribution in [0.4, 0.5) is 0 Å². The summed E-state index contributed by atoms with van der Waals surface area (Å²) in [6.45, 7) is 4.07. The molecule has 0 fully saturated rings. The van der Waals surface area contributed by atoms with Gasteiger partial charge in [-0.15, -0.1) is 0 Å². The van der Waals surface area contributed by atoms with E-state index in [0.717, 1.165) is 29.7 Å². The Bertz CT molecular complexity index is 553. The first kappa shape index (κ1) is 11.6. The van der Waals surface area contributed by atoms with Crippen molar-refractivity contribution in [3.8, 4) is 11.1 Å². The van der Waals surface area contributed by atoms with Gasteiger partial charge in [0.15, 0.2) is 0 Å². The molecule has 2 aromatic rings. The average Bonchev–Trinajstić information content (AvgIpc) is 2.39. The first-order valence-corrected chi connectivity index (χ1v) is 5.97. The molecule has 0 unspecified atom stereocenters. The molecule has 1 heterocycles. The van der Waals surface area contributed by atoms with Gasteiger partial charge in [0.1, 0.15) is 5.76 Å². The van der Waals surface area contributed by atoms with Crippen molar-refractivity contribution < 1.29 is 4.42 Å². The van der Waals surface area contributed by atoms with Crippen molar-refractivity contribution in [3.05, 3.63) is 58.1 Å². The van der Waals surface area contributed by atoms with Gasteiger partial charge >= 0.3 is 5.63 Å². The maximum atomic E-state index is 11.9. The minimum absolute atomic E-state index is 0.245. The van der Waals surface area contributed by atoms with Gasteiger partial charge in [-0.25, -0.2) is 4.79 Å². The molecular weight excluding hydrogens is 212 g/mol. The SMILES string of the molecule is CCc1cc(-c2ccccc2)c(=O)oc1CC. The van der Waals surface area contributed by atoms with Gasteiger partial charge < -0.3 is 4.42 Å². The van der Waals surface area contributed by atoms with E-state index >= 15 is 0 Å². The van der Waals surface area contributed by atoms with Gasteiger partial charge in [-0.3, -0.25) is 0 Å². The minimum atomic E-state index is -0.245. The summed E-state index contributed by atoms with van der Waals surface area (Å²) in [5.74, 6) is 0.803. The second kappa shape index (κ2) is 5.00. The van der Waals surface area contributed by atoms with E-state index in [1.54, 1.807) is 0 Å². The van der Waals surface area contributed by atoms with Crippen LogP contribution in [0.3, 0.4) is 0 Å². The van der Waals surface area contributed by atoms with Gasteiger partial charge in [0.05, 0.1) is 5.56 Å². The van der Waals surface area contributed by atoms with Crippen LogP contribution in [0.15, 0.2) is 45.6 Å². The first-order valence-electron chi connectivity index (χ1n) is 5.97. The van der Waals surface area contributed by atoms with E-state index in [9.17, 15) is 4.79 Å². The predicted molar refractivity (Wildman–Crippen MR) is 69.2 cm³/mol. The lowest BCUT2D eigenvalue weighted by atomic mass is 10.0. The lowest BCUT2D eigenvalue weighted by molar-refractivity contribution is 0.459. The van der Waals surface area contributed by atoms with E-state index in [4.69, 9.17) is 4.42 Å². The third-order valence-corrected chi connectivity index (χ3v) is 2.90. The Morgan fingerprint density at radius 1 is 1.06 bits per heavy atom. The largest absolute Gasteiger partial charge is 0.427 e. The normalized spacial score (nSPS) is 10.5. The number of hydrogen-bond acceptors (Lipinski definition) is 2. The van der Waals surface area contributed by atoms with Crippen LogP contribution >= 0.6 is 0 Å². The van der Waals surface area contributed by atoms with Gasteiger partial charge in [-0.1, -0.05) is 44.2 Å². The van der Waals surface area contributed by atoms with Crippen molar-refractivity contribution in [2.24, 2.45) is 0 Å². The highest BCUT2D eigenvalue weighted by Gasteiger charge is 2.09. The van der Waals surface area contributed by atoms with Crippen molar-refractivity contribution in [1.82, 2.24) is 0 Å². The molecule has 0 atom stereocenters. The van der Waals surface area contributed by atoms with Gasteiger partial charge in [0.2, 0.25) is 0 Å². The Kier molecular flexibility index (Phi) is 3.43. The van der Waals surface area contributed by atoms with Crippen molar-refractivity contribution in [3.63, 3.8) is 0 Å². The van der Waals surface area contributed by atoms with E-state index in [1.165, 1.54) is 0 Å². The predicted octanol–water partition coefficient (Wildman–Crippen LogP) is 3.43. The second-order valence-electron chi connectivity index (χ2n) is 3.97. The number of benzene rings is 1. The van der Waals surface area contributed by atoms with Gasteiger partial charge in [0.25, 0.3) is 0 Å². The molecule has 0 amide bonds. The quantitative estimate of drug-likeness (QED) is 0.805. The highest BCUT2D eigenvalue weighted by molar-refractivity contribution is 5.62. The Morgan fingerprint density at radius 3 is 2.35 bits per heavy atom. The zero-order valence-corrected chi connectivity index (χ0v) is 10.2. The lowest BCUT2D eigenvalue weighted by Gasteiger charge is -2.06. The van der Waals surface area contributed by atoms with Crippen molar-refractivity contribution in [2.45, 2.75) is 26.7 Å². The molecule has 1 aromatic carbocycles. The summed E-state index contributed by atoms with van der Waals surface area (Å²) < 4.78 is 5.38. The number of rotatable bonds is 3. The molecule has 1 aromatic heterocycles. The zero-order valence-electron chi connectivity index (χ0n) is 10.2. The van der Waals surface area contributed by atoms with E-state index < -0.39 is 0 Å². The second-order valence-corrected chi connectivity index (χ2v) is 3.97. The molecule has 0 bridgehead atoms. The third kappa shape index (κ3) is 2.31. The van der Waals surface area contributed by atoms with Crippen LogP contribution in [-0.4, -0.2) is 0 Å². The maximum Gasteiger partial charge on any atom is 0.343 e. The monoisotopic (exact) mass is 228 g/mol. The van der Waals surface area contributed by atoms with Crippen molar-refractivity contribution in [1.29, 1.82) is 0 Å². The highest BCUT2D eigenvalue weighted by Crippen LogP contribution is 2.19. The van der Waals surface area contributed by atoms with Crippen molar-refractivity contribution in [2.75, 3.05) is 0 Å². The van der Waals surface area contributed by atoms with Gasteiger partial charge in [-0.05, 0) is 23.6 Å². The molecule has 2 nitrogen and oxygen atoms in total. The Hall–Kier alpha value is -1.83. The fourth-order valence-electron chi connectivity index (χ4n) is 1.96. The fraction of sp³-hybridized carbons (Fsp3) is 0.267.